The summed E-state index contributed by atoms with van der Waals surface area (Å²) >= 11 is 0. The molecule has 0 spiro atoms. The maximum Gasteiger partial charge on any atom is 0.499 e. The Kier molecular flexibility index (Phi) is 9.85. The topological polar surface area (TPSA) is 121 Å². The minimum Gasteiger partial charge on any atom is -0.477 e. The van der Waals surface area contributed by atoms with E-state index < -0.39 is 45.0 Å². The van der Waals surface area contributed by atoms with Crippen LogP contribution in [-0.2, 0) is 29.0 Å². The van der Waals surface area contributed by atoms with Crippen LogP contribution in [0, 0.1) is 0 Å². The maximum atomic E-state index is 13.0. The van der Waals surface area contributed by atoms with Crippen molar-refractivity contribution in [1.82, 2.24) is 9.88 Å². The number of aliphatic hydroxyl groups excluding tert-OH is 1. The Morgan fingerprint density at radius 1 is 0.933 bits per heavy atom. The fraction of sp³-hybridized carbons (Fsp3) is 0.300. The summed E-state index contributed by atoms with van der Waals surface area (Å²) in [7, 11) is -5.35. The number of hydrogen-bond acceptors (Lipinski definition) is 6. The summed E-state index contributed by atoms with van der Waals surface area (Å²) in [6, 6.07) is 17.0. The molecule has 0 radical (unpaired) electrons. The Labute approximate surface area is 254 Å². The van der Waals surface area contributed by atoms with Gasteiger partial charge in [0, 0.05) is 35.7 Å². The molecule has 0 saturated heterocycles. The number of alkyl halides is 6. The van der Waals surface area contributed by atoms with E-state index >= 15 is 0 Å². The molecule has 3 aromatic carbocycles. The first-order chi connectivity index (χ1) is 20.9. The van der Waals surface area contributed by atoms with Gasteiger partial charge < -0.3 is 25.4 Å². The predicted molar refractivity (Wildman–Crippen MR) is 155 cm³/mol. The fourth-order valence-electron chi connectivity index (χ4n) is 4.74. The monoisotopic (exact) mass is 657 g/mol. The Morgan fingerprint density at radius 3 is 2.22 bits per heavy atom. The number of nitrogens with zero attached hydrogens (tertiary/aromatic N) is 1. The van der Waals surface area contributed by atoms with Crippen molar-refractivity contribution in [3.63, 3.8) is 0 Å². The second-order valence-electron chi connectivity index (χ2n) is 10.5. The van der Waals surface area contributed by atoms with Gasteiger partial charge in [0.05, 0.1) is 11.7 Å². The molecule has 0 aliphatic rings. The summed E-state index contributed by atoms with van der Waals surface area (Å²) in [6.45, 7) is 1.96. The number of sulfone groups is 1. The molecule has 0 amide bonds. The molecular formula is C30H29F6N3O5S. The van der Waals surface area contributed by atoms with E-state index in [2.05, 4.69) is 10.6 Å². The molecular weight excluding hydrogens is 628 g/mol. The minimum absolute atomic E-state index is 0.00370. The number of fused-ring (bicyclic) bond motifs is 1. The zero-order chi connectivity index (χ0) is 33.2. The number of aromatic carboxylic acids is 1. The van der Waals surface area contributed by atoms with Crippen molar-refractivity contribution in [3.05, 3.63) is 101 Å². The fourth-order valence-corrected chi connectivity index (χ4v) is 5.26. The molecule has 242 valence electrons. The molecule has 2 unspecified atom stereocenters. The third-order valence-corrected chi connectivity index (χ3v) is 8.33. The highest BCUT2D eigenvalue weighted by molar-refractivity contribution is 7.92. The molecule has 0 saturated carbocycles. The molecule has 0 bridgehead atoms. The zero-order valence-corrected chi connectivity index (χ0v) is 24.5. The summed E-state index contributed by atoms with van der Waals surface area (Å²) in [5, 5.41) is 26.2. The lowest BCUT2D eigenvalue weighted by molar-refractivity contribution is -0.137. The Balaban J connectivity index is 1.42. The van der Waals surface area contributed by atoms with Crippen LogP contribution >= 0.6 is 0 Å². The van der Waals surface area contributed by atoms with E-state index in [0.717, 1.165) is 17.7 Å². The van der Waals surface area contributed by atoms with Gasteiger partial charge in [0.1, 0.15) is 11.6 Å². The number of rotatable bonds is 12. The molecule has 15 heteroatoms. The van der Waals surface area contributed by atoms with Gasteiger partial charge in [-0.3, -0.25) is 0 Å². The molecule has 0 fully saturated rings. The largest absolute Gasteiger partial charge is 0.499 e. The van der Waals surface area contributed by atoms with E-state index in [1.54, 1.807) is 16.7 Å². The summed E-state index contributed by atoms with van der Waals surface area (Å²) in [6.07, 6.45) is -5.22. The number of hydrogen-bond donors (Lipinski definition) is 4. The van der Waals surface area contributed by atoms with Crippen molar-refractivity contribution in [2.75, 3.05) is 17.7 Å². The van der Waals surface area contributed by atoms with Crippen LogP contribution in [0.5, 0.6) is 0 Å². The lowest BCUT2D eigenvalue weighted by Gasteiger charge is -2.18. The summed E-state index contributed by atoms with van der Waals surface area (Å²) < 4.78 is 101. The van der Waals surface area contributed by atoms with Crippen molar-refractivity contribution in [2.24, 2.45) is 0 Å². The second kappa shape index (κ2) is 13.1. The van der Waals surface area contributed by atoms with Crippen LogP contribution in [0.25, 0.3) is 10.9 Å². The molecule has 4 N–H and O–H groups in total. The first-order valence-corrected chi connectivity index (χ1v) is 15.2. The van der Waals surface area contributed by atoms with Gasteiger partial charge in [-0.15, -0.1) is 0 Å². The van der Waals surface area contributed by atoms with Gasteiger partial charge in [-0.05, 0) is 72.5 Å². The summed E-state index contributed by atoms with van der Waals surface area (Å²) in [4.78, 5) is 12.0. The number of carboxylic acid groups (broad SMARTS) is 1. The second-order valence-corrected chi connectivity index (χ2v) is 12.5. The number of nitrogens with one attached hydrogen (secondary N) is 2. The van der Waals surface area contributed by atoms with Gasteiger partial charge in [0.2, 0.25) is 0 Å². The van der Waals surface area contributed by atoms with E-state index in [-0.39, 0.29) is 36.1 Å². The highest BCUT2D eigenvalue weighted by atomic mass is 32.2. The van der Waals surface area contributed by atoms with Crippen molar-refractivity contribution in [3.8, 4) is 0 Å². The van der Waals surface area contributed by atoms with Gasteiger partial charge in [0.15, 0.2) is 0 Å². The number of benzene rings is 3. The van der Waals surface area contributed by atoms with Crippen molar-refractivity contribution in [2.45, 2.75) is 43.7 Å². The van der Waals surface area contributed by atoms with E-state index in [9.17, 15) is 49.8 Å². The summed E-state index contributed by atoms with van der Waals surface area (Å²) in [5.74, 6) is -2.50. The van der Waals surface area contributed by atoms with Gasteiger partial charge in [0.25, 0.3) is 9.84 Å². The SMILES string of the molecule is CC(Cc1ccc2c(c1)cc(C(=O)O)n2Cc1ccc(NCS(=O)(=O)C(F)(F)F)cc1)NCC(O)c1cccc(C(F)(F)F)c1. The van der Waals surface area contributed by atoms with Crippen molar-refractivity contribution in [1.29, 1.82) is 0 Å². The Bertz CT molecular complexity index is 1770. The molecule has 0 aliphatic heterocycles. The highest BCUT2D eigenvalue weighted by Crippen LogP contribution is 2.31. The average Bonchev–Trinajstić information content (AvgIpc) is 3.32. The van der Waals surface area contributed by atoms with Crippen molar-refractivity contribution >= 4 is 32.4 Å². The standard InChI is InChI=1S/C30H29F6N3O5S/c1-18(37-15-27(40)21-3-2-4-23(13-21)29(31,32)33)11-20-7-10-25-22(12-20)14-26(28(41)42)39(25)16-19-5-8-24(9-6-19)38-17-45(43,44)30(34,35)36/h2-10,12-14,18,27,37-38,40H,11,15-17H2,1H3,(H,41,42). The first kappa shape index (κ1) is 33.8. The highest BCUT2D eigenvalue weighted by Gasteiger charge is 2.45. The van der Waals surface area contributed by atoms with Crippen LogP contribution in [0.15, 0.2) is 72.8 Å². The number of aliphatic hydroxyl groups is 1. The van der Waals surface area contributed by atoms with E-state index in [1.807, 2.05) is 13.0 Å². The lowest BCUT2D eigenvalue weighted by atomic mass is 10.0. The molecule has 2 atom stereocenters. The third-order valence-electron chi connectivity index (χ3n) is 7.10. The molecule has 1 heterocycles. The van der Waals surface area contributed by atoms with Crippen LogP contribution in [0.4, 0.5) is 32.0 Å². The van der Waals surface area contributed by atoms with Gasteiger partial charge >= 0.3 is 17.7 Å². The third kappa shape index (κ3) is 8.35. The van der Waals surface area contributed by atoms with Crippen LogP contribution in [0.1, 0.15) is 45.8 Å². The molecule has 45 heavy (non-hydrogen) atoms. The van der Waals surface area contributed by atoms with Crippen LogP contribution in [0.2, 0.25) is 0 Å². The number of anilines is 1. The van der Waals surface area contributed by atoms with Gasteiger partial charge in [-0.25, -0.2) is 13.2 Å². The van der Waals surface area contributed by atoms with E-state index in [1.165, 1.54) is 42.5 Å². The van der Waals surface area contributed by atoms with Crippen LogP contribution < -0.4 is 10.6 Å². The molecule has 0 aliphatic carbocycles. The van der Waals surface area contributed by atoms with Crippen LogP contribution in [0.3, 0.4) is 0 Å². The lowest BCUT2D eigenvalue weighted by Crippen LogP contribution is -2.32. The van der Waals surface area contributed by atoms with Gasteiger partial charge in [-0.1, -0.05) is 30.3 Å². The number of aromatic nitrogens is 1. The van der Waals surface area contributed by atoms with Crippen LogP contribution in [-0.4, -0.2) is 53.1 Å². The number of carbonyl (C=O) groups is 1. The number of halogens is 6. The zero-order valence-electron chi connectivity index (χ0n) is 23.7. The Morgan fingerprint density at radius 2 is 1.60 bits per heavy atom. The predicted octanol–water partition coefficient (Wildman–Crippen LogP) is 5.96. The molecule has 8 nitrogen and oxygen atoms in total. The average molecular weight is 658 g/mol. The number of carboxylic acids is 1. The Hall–Kier alpha value is -4.08. The van der Waals surface area contributed by atoms with E-state index in [0.29, 0.717) is 22.9 Å². The maximum absolute atomic E-state index is 13.0. The van der Waals surface area contributed by atoms with Crippen molar-refractivity contribution < 1.29 is 49.8 Å². The van der Waals surface area contributed by atoms with E-state index in [4.69, 9.17) is 0 Å². The smallest absolute Gasteiger partial charge is 0.477 e. The normalized spacial score (nSPS) is 14.0. The first-order valence-electron chi connectivity index (χ1n) is 13.5. The quantitative estimate of drug-likeness (QED) is 0.139. The molecule has 4 rings (SSSR count). The van der Waals surface area contributed by atoms with Gasteiger partial charge in [-0.2, -0.15) is 26.3 Å². The molecule has 4 aromatic rings. The molecule has 1 aromatic heterocycles. The summed E-state index contributed by atoms with van der Waals surface area (Å²) in [5.41, 5.74) is -3.90. The minimum atomic E-state index is -5.38.